The Bertz CT molecular complexity index is 1150. The minimum absolute atomic E-state index is 0.760. The third kappa shape index (κ3) is 9.16. The van der Waals surface area contributed by atoms with Gasteiger partial charge in [-0.05, 0) is 161 Å². The molecule has 4 heteroatoms. The van der Waals surface area contributed by atoms with E-state index in [-0.39, 0.29) is 0 Å². The Morgan fingerprint density at radius 1 is 0.578 bits per heavy atom. The summed E-state index contributed by atoms with van der Waals surface area (Å²) in [7, 11) is 0. The molecule has 0 amide bonds. The number of nitrogens with zero attached hydrogens (tertiary/aromatic N) is 1. The molecule has 0 atom stereocenters. The molecule has 1 heterocycles. The Balaban J connectivity index is 1.05. The fraction of sp³-hybridized carbons (Fsp3) is 0.659. The highest BCUT2D eigenvalue weighted by molar-refractivity contribution is 5.83. The van der Waals surface area contributed by atoms with Crippen LogP contribution in [0.25, 0.3) is 5.57 Å². The van der Waals surface area contributed by atoms with Crippen LogP contribution in [0, 0.1) is 23.7 Å². The average molecular weight is 613 g/mol. The molecule has 0 radical (unpaired) electrons. The lowest BCUT2D eigenvalue weighted by Gasteiger charge is -2.52. The highest BCUT2D eigenvalue weighted by Gasteiger charge is 2.46. The van der Waals surface area contributed by atoms with Gasteiger partial charge in [-0.2, -0.15) is 0 Å². The zero-order valence-corrected chi connectivity index (χ0v) is 28.0. The Kier molecular flexibility index (Phi) is 12.3. The Morgan fingerprint density at radius 2 is 1.07 bits per heavy atom. The number of unbranched alkanes of at least 4 members (excludes halogenated alkanes) is 6. The lowest BCUT2D eigenvalue weighted by Crippen LogP contribution is -2.40. The smallest absolute Gasteiger partial charge is 0.119 e. The molecule has 4 nitrogen and oxygen atoms in total. The maximum atomic E-state index is 6.23. The second kappa shape index (κ2) is 17.0. The van der Waals surface area contributed by atoms with Gasteiger partial charge in [-0.25, -0.2) is 0 Å². The number of benzene rings is 2. The summed E-state index contributed by atoms with van der Waals surface area (Å²) in [5, 5.41) is 0. The largest absolute Gasteiger partial charge is 0.494 e. The zero-order valence-electron chi connectivity index (χ0n) is 28.0. The lowest BCUT2D eigenvalue weighted by atomic mass is 9.53. The summed E-state index contributed by atoms with van der Waals surface area (Å²) in [6.45, 7) is 6.31. The summed E-state index contributed by atoms with van der Waals surface area (Å²) >= 11 is 0. The van der Waals surface area contributed by atoms with E-state index < -0.39 is 0 Å². The van der Waals surface area contributed by atoms with E-state index in [4.69, 9.17) is 15.2 Å². The molecule has 2 N–H and O–H groups in total. The first kappa shape index (κ1) is 32.6. The minimum atomic E-state index is 0.760. The average Bonchev–Trinajstić information content (AvgIpc) is 3.33. The van der Waals surface area contributed by atoms with Crippen LogP contribution in [0.5, 0.6) is 11.5 Å². The number of allylic oxidation sites excluding steroid dienone is 1. The van der Waals surface area contributed by atoms with Gasteiger partial charge < -0.3 is 20.1 Å². The number of hydrogen-bond donors (Lipinski definition) is 1. The van der Waals surface area contributed by atoms with Crippen molar-refractivity contribution < 1.29 is 9.47 Å². The summed E-state index contributed by atoms with van der Waals surface area (Å²) in [6, 6.07) is 18.1. The van der Waals surface area contributed by atoms with Crippen LogP contribution in [0.15, 0.2) is 54.1 Å². The molecule has 4 saturated carbocycles. The van der Waals surface area contributed by atoms with Gasteiger partial charge >= 0.3 is 0 Å². The maximum Gasteiger partial charge on any atom is 0.119 e. The quantitative estimate of drug-likeness (QED) is 0.181. The molecule has 5 fully saturated rings. The van der Waals surface area contributed by atoms with Crippen LogP contribution in [0.2, 0.25) is 0 Å². The molecule has 7 rings (SSSR count). The molecular weight excluding hydrogens is 552 g/mol. The van der Waals surface area contributed by atoms with Crippen molar-refractivity contribution in [1.29, 1.82) is 0 Å². The molecule has 1 saturated heterocycles. The van der Waals surface area contributed by atoms with Crippen molar-refractivity contribution in [2.45, 2.75) is 109 Å². The molecule has 1 aliphatic heterocycles. The minimum Gasteiger partial charge on any atom is -0.494 e. The number of hydrogen-bond acceptors (Lipinski definition) is 4. The summed E-state index contributed by atoms with van der Waals surface area (Å²) in [6.07, 6.45) is 22.4. The Morgan fingerprint density at radius 3 is 1.58 bits per heavy atom. The maximum absolute atomic E-state index is 6.23. The van der Waals surface area contributed by atoms with Gasteiger partial charge in [0.2, 0.25) is 0 Å². The van der Waals surface area contributed by atoms with Crippen LogP contribution in [0.3, 0.4) is 0 Å². The van der Waals surface area contributed by atoms with Crippen LogP contribution >= 0.6 is 0 Å². The van der Waals surface area contributed by atoms with Crippen LogP contribution in [0.1, 0.15) is 120 Å². The van der Waals surface area contributed by atoms with Crippen molar-refractivity contribution in [2.24, 2.45) is 29.4 Å². The molecule has 0 unspecified atom stereocenters. The van der Waals surface area contributed by atoms with Gasteiger partial charge in [0, 0.05) is 0 Å². The number of ether oxygens (including phenoxy) is 2. The van der Waals surface area contributed by atoms with E-state index in [1.165, 1.54) is 126 Å². The van der Waals surface area contributed by atoms with E-state index in [2.05, 4.69) is 53.4 Å². The second-order valence-corrected chi connectivity index (χ2v) is 14.8. The third-order valence-corrected chi connectivity index (χ3v) is 11.3. The van der Waals surface area contributed by atoms with Gasteiger partial charge in [0.05, 0.1) is 13.2 Å². The van der Waals surface area contributed by atoms with Crippen LogP contribution in [-0.4, -0.2) is 44.3 Å². The zero-order chi connectivity index (χ0) is 30.7. The molecule has 0 spiro atoms. The van der Waals surface area contributed by atoms with Gasteiger partial charge in [-0.1, -0.05) is 68.4 Å². The van der Waals surface area contributed by atoms with E-state index >= 15 is 0 Å². The SMILES string of the molecule is NCCCCCCOc1ccc(C(=C2C3CC4CC(C3)CC2C4)c2ccc(OCCCCCCN3CCCCCC3)cc2)cc1. The predicted molar refractivity (Wildman–Crippen MR) is 188 cm³/mol. The van der Waals surface area contributed by atoms with Crippen molar-refractivity contribution in [3.8, 4) is 11.5 Å². The second-order valence-electron chi connectivity index (χ2n) is 14.8. The number of rotatable bonds is 17. The van der Waals surface area contributed by atoms with Crippen LogP contribution < -0.4 is 15.2 Å². The summed E-state index contributed by atoms with van der Waals surface area (Å²) < 4.78 is 12.4. The summed E-state index contributed by atoms with van der Waals surface area (Å²) in [4.78, 5) is 2.69. The molecule has 246 valence electrons. The highest BCUT2D eigenvalue weighted by atomic mass is 16.5. The van der Waals surface area contributed by atoms with Gasteiger partial charge in [0.25, 0.3) is 0 Å². The molecule has 2 aromatic rings. The van der Waals surface area contributed by atoms with Gasteiger partial charge in [-0.15, -0.1) is 0 Å². The summed E-state index contributed by atoms with van der Waals surface area (Å²) in [5.74, 6) is 5.43. The van der Waals surface area contributed by atoms with Crippen molar-refractivity contribution in [2.75, 3.05) is 39.4 Å². The van der Waals surface area contributed by atoms with E-state index in [0.717, 1.165) is 74.2 Å². The van der Waals surface area contributed by atoms with E-state index in [1.807, 2.05) is 0 Å². The first-order valence-electron chi connectivity index (χ1n) is 18.9. The molecule has 2 aromatic carbocycles. The van der Waals surface area contributed by atoms with Gasteiger partial charge in [0.15, 0.2) is 0 Å². The number of nitrogens with two attached hydrogens (primary N) is 1. The van der Waals surface area contributed by atoms with Crippen molar-refractivity contribution in [3.63, 3.8) is 0 Å². The number of likely N-dealkylation sites (tertiary alicyclic amines) is 1. The van der Waals surface area contributed by atoms with E-state index in [9.17, 15) is 0 Å². The topological polar surface area (TPSA) is 47.7 Å². The normalized spacial score (nSPS) is 24.5. The molecule has 0 aromatic heterocycles. The lowest BCUT2D eigenvalue weighted by molar-refractivity contribution is 0.0705. The molecule has 4 aliphatic carbocycles. The molecule has 45 heavy (non-hydrogen) atoms. The highest BCUT2D eigenvalue weighted by Crippen LogP contribution is 2.58. The monoisotopic (exact) mass is 612 g/mol. The first-order valence-corrected chi connectivity index (χ1v) is 18.9. The Labute approximate surface area is 274 Å². The van der Waals surface area contributed by atoms with Crippen molar-refractivity contribution in [1.82, 2.24) is 4.90 Å². The Hall–Kier alpha value is -2.30. The van der Waals surface area contributed by atoms with Gasteiger partial charge in [0.1, 0.15) is 11.5 Å². The summed E-state index contributed by atoms with van der Waals surface area (Å²) in [5.41, 5.74) is 11.6. The van der Waals surface area contributed by atoms with Gasteiger partial charge in [-0.3, -0.25) is 0 Å². The third-order valence-electron chi connectivity index (χ3n) is 11.3. The predicted octanol–water partition coefficient (Wildman–Crippen LogP) is 9.66. The molecule has 4 bridgehead atoms. The van der Waals surface area contributed by atoms with Crippen LogP contribution in [0.4, 0.5) is 0 Å². The van der Waals surface area contributed by atoms with E-state index in [0.29, 0.717) is 0 Å². The molecular formula is C41H60N2O2. The van der Waals surface area contributed by atoms with Crippen LogP contribution in [-0.2, 0) is 0 Å². The standard InChI is InChI=1S/C41H60N2O2/c42-21-7-1-5-11-25-44-38-17-13-34(14-18-38)40(41-36-28-32-27-33(30-36)31-37(41)29-32)35-15-19-39(20-16-35)45-26-12-6-4-10-24-43-22-8-2-3-9-23-43/h13-20,32-33,36-37H,1-12,21-31,42H2. The molecule has 5 aliphatic rings. The van der Waals surface area contributed by atoms with E-state index in [1.54, 1.807) is 5.57 Å². The fourth-order valence-electron chi connectivity index (χ4n) is 9.17. The fourth-order valence-corrected chi connectivity index (χ4v) is 9.17. The first-order chi connectivity index (χ1) is 22.3. The van der Waals surface area contributed by atoms with Crippen molar-refractivity contribution >= 4 is 5.57 Å². The van der Waals surface area contributed by atoms with Crippen molar-refractivity contribution in [3.05, 3.63) is 65.2 Å².